The average Bonchev–Trinajstić information content (AvgIpc) is 2.74. The molecule has 0 radical (unpaired) electrons. The van der Waals surface area contributed by atoms with Gasteiger partial charge in [-0.15, -0.1) is 0 Å². The molecule has 0 saturated heterocycles. The molecular weight excluding hydrogens is 354 g/mol. The molecule has 0 aliphatic rings. The lowest BCUT2D eigenvalue weighted by Crippen LogP contribution is -2.27. The molecule has 1 unspecified atom stereocenters. The second kappa shape index (κ2) is 8.90. The van der Waals surface area contributed by atoms with Crippen LogP contribution < -0.4 is 20.1 Å². The highest BCUT2D eigenvalue weighted by Crippen LogP contribution is 2.31. The summed E-state index contributed by atoms with van der Waals surface area (Å²) in [6.07, 6.45) is 1.60. The monoisotopic (exact) mass is 377 g/mol. The van der Waals surface area contributed by atoms with Gasteiger partial charge in [-0.1, -0.05) is 30.3 Å². The van der Waals surface area contributed by atoms with Crippen LogP contribution in [0.15, 0.2) is 66.9 Å². The Morgan fingerprint density at radius 2 is 1.64 bits per heavy atom. The van der Waals surface area contributed by atoms with E-state index in [1.807, 2.05) is 55.5 Å². The molecule has 0 fully saturated rings. The Labute approximate surface area is 164 Å². The molecule has 6 heteroatoms. The summed E-state index contributed by atoms with van der Waals surface area (Å²) in [5, 5.41) is 6.23. The topological polar surface area (TPSA) is 72.5 Å². The van der Waals surface area contributed by atoms with Crippen molar-refractivity contribution < 1.29 is 14.3 Å². The van der Waals surface area contributed by atoms with Crippen molar-refractivity contribution in [3.63, 3.8) is 0 Å². The highest BCUT2D eigenvalue weighted by molar-refractivity contribution is 5.93. The number of benzene rings is 2. The van der Waals surface area contributed by atoms with Crippen LogP contribution in [0, 0.1) is 0 Å². The number of amides is 1. The van der Waals surface area contributed by atoms with E-state index < -0.39 is 0 Å². The molecule has 3 rings (SSSR count). The number of methoxy groups -OCH3 is 2. The van der Waals surface area contributed by atoms with Gasteiger partial charge >= 0.3 is 0 Å². The number of nitrogens with one attached hydrogen (secondary N) is 2. The van der Waals surface area contributed by atoms with Crippen LogP contribution in [0.3, 0.4) is 0 Å². The Morgan fingerprint density at radius 3 is 2.36 bits per heavy atom. The van der Waals surface area contributed by atoms with Gasteiger partial charge in [-0.3, -0.25) is 9.78 Å². The number of carbonyl (C=O) groups is 1. The first-order chi connectivity index (χ1) is 13.6. The Bertz CT molecular complexity index is 945. The third-order valence-electron chi connectivity index (χ3n) is 4.31. The summed E-state index contributed by atoms with van der Waals surface area (Å²) in [5.41, 5.74) is 2.94. The summed E-state index contributed by atoms with van der Waals surface area (Å²) in [4.78, 5) is 16.8. The van der Waals surface area contributed by atoms with E-state index in [2.05, 4.69) is 15.6 Å². The van der Waals surface area contributed by atoms with Crippen LogP contribution in [0.1, 0.15) is 29.0 Å². The molecule has 1 heterocycles. The maximum atomic E-state index is 12.6. The highest BCUT2D eigenvalue weighted by Gasteiger charge is 2.13. The molecular formula is C22H23N3O3. The first-order valence-electron chi connectivity index (χ1n) is 8.91. The van der Waals surface area contributed by atoms with Crippen molar-refractivity contribution in [2.24, 2.45) is 0 Å². The van der Waals surface area contributed by atoms with Gasteiger partial charge in [0, 0.05) is 23.6 Å². The lowest BCUT2D eigenvalue weighted by atomic mass is 10.1. The van der Waals surface area contributed by atoms with Crippen LogP contribution in [0.5, 0.6) is 11.5 Å². The number of anilines is 2. The van der Waals surface area contributed by atoms with E-state index in [4.69, 9.17) is 9.47 Å². The molecule has 144 valence electrons. The Morgan fingerprint density at radius 1 is 0.929 bits per heavy atom. The van der Waals surface area contributed by atoms with Gasteiger partial charge in [0.25, 0.3) is 5.91 Å². The summed E-state index contributed by atoms with van der Waals surface area (Å²) in [6, 6.07) is 18.7. The standard InChI is InChI=1S/C22H23N3O3/c1-15(16-7-5-4-6-8-16)24-22(26)19-13-18(11-12-23-19)25-17-9-10-20(27-2)21(14-17)28-3/h4-15H,1-3H3,(H,23,25)(H,24,26). The van der Waals surface area contributed by atoms with E-state index in [1.165, 1.54) is 0 Å². The maximum absolute atomic E-state index is 12.6. The van der Waals surface area contributed by atoms with Gasteiger partial charge in [-0.25, -0.2) is 0 Å². The van der Waals surface area contributed by atoms with Crippen molar-refractivity contribution in [1.29, 1.82) is 0 Å². The Hall–Kier alpha value is -3.54. The van der Waals surface area contributed by atoms with E-state index in [0.29, 0.717) is 17.2 Å². The lowest BCUT2D eigenvalue weighted by molar-refractivity contribution is 0.0935. The van der Waals surface area contributed by atoms with Gasteiger partial charge in [0.1, 0.15) is 5.69 Å². The molecule has 0 saturated carbocycles. The van der Waals surface area contributed by atoms with Crippen molar-refractivity contribution in [3.8, 4) is 11.5 Å². The number of hydrogen-bond donors (Lipinski definition) is 2. The molecule has 6 nitrogen and oxygen atoms in total. The second-order valence-electron chi connectivity index (χ2n) is 6.23. The van der Waals surface area contributed by atoms with Crippen LogP contribution in [0.4, 0.5) is 11.4 Å². The summed E-state index contributed by atoms with van der Waals surface area (Å²) in [7, 11) is 3.18. The van der Waals surface area contributed by atoms with Crippen LogP contribution in [-0.4, -0.2) is 25.1 Å². The van der Waals surface area contributed by atoms with E-state index in [0.717, 1.165) is 16.9 Å². The maximum Gasteiger partial charge on any atom is 0.270 e. The van der Waals surface area contributed by atoms with Gasteiger partial charge in [-0.2, -0.15) is 0 Å². The summed E-state index contributed by atoms with van der Waals surface area (Å²) in [5.74, 6) is 1.04. The molecule has 2 aromatic carbocycles. The molecule has 0 aliphatic carbocycles. The number of carbonyl (C=O) groups excluding carboxylic acids is 1. The summed E-state index contributed by atoms with van der Waals surface area (Å²) in [6.45, 7) is 1.94. The molecule has 0 spiro atoms. The molecule has 0 aliphatic heterocycles. The van der Waals surface area contributed by atoms with Crippen molar-refractivity contribution in [2.75, 3.05) is 19.5 Å². The highest BCUT2D eigenvalue weighted by atomic mass is 16.5. The molecule has 0 bridgehead atoms. The molecule has 1 atom stereocenters. The van der Waals surface area contributed by atoms with Crippen LogP contribution in [-0.2, 0) is 0 Å². The third kappa shape index (κ3) is 4.59. The van der Waals surface area contributed by atoms with Gasteiger partial charge in [0.2, 0.25) is 0 Å². The minimum absolute atomic E-state index is 0.113. The van der Waals surface area contributed by atoms with E-state index in [9.17, 15) is 4.79 Å². The average molecular weight is 377 g/mol. The SMILES string of the molecule is COc1ccc(Nc2ccnc(C(=O)NC(C)c3ccccc3)c2)cc1OC. The fraction of sp³-hybridized carbons (Fsp3) is 0.182. The van der Waals surface area contributed by atoms with Crippen LogP contribution in [0.2, 0.25) is 0 Å². The van der Waals surface area contributed by atoms with Gasteiger partial charge in [0.05, 0.1) is 20.3 Å². The van der Waals surface area contributed by atoms with Crippen molar-refractivity contribution in [3.05, 3.63) is 78.1 Å². The number of rotatable bonds is 7. The largest absolute Gasteiger partial charge is 0.493 e. The predicted octanol–water partition coefficient (Wildman–Crippen LogP) is 4.33. The van der Waals surface area contributed by atoms with Crippen molar-refractivity contribution >= 4 is 17.3 Å². The van der Waals surface area contributed by atoms with Crippen molar-refractivity contribution in [1.82, 2.24) is 10.3 Å². The fourth-order valence-corrected chi connectivity index (χ4v) is 2.81. The predicted molar refractivity (Wildman–Crippen MR) is 109 cm³/mol. The lowest BCUT2D eigenvalue weighted by Gasteiger charge is -2.15. The molecule has 2 N–H and O–H groups in total. The Balaban J connectivity index is 1.72. The third-order valence-corrected chi connectivity index (χ3v) is 4.31. The van der Waals surface area contributed by atoms with Crippen LogP contribution in [0.25, 0.3) is 0 Å². The second-order valence-corrected chi connectivity index (χ2v) is 6.23. The first-order valence-corrected chi connectivity index (χ1v) is 8.91. The number of pyridine rings is 1. The minimum atomic E-state index is -0.229. The van der Waals surface area contributed by atoms with Gasteiger partial charge in [-0.05, 0) is 36.8 Å². The van der Waals surface area contributed by atoms with E-state index in [1.54, 1.807) is 32.5 Å². The zero-order chi connectivity index (χ0) is 19.9. The van der Waals surface area contributed by atoms with Gasteiger partial charge < -0.3 is 20.1 Å². The van der Waals surface area contributed by atoms with E-state index in [-0.39, 0.29) is 11.9 Å². The zero-order valence-corrected chi connectivity index (χ0v) is 16.1. The molecule has 1 amide bonds. The summed E-state index contributed by atoms with van der Waals surface area (Å²) >= 11 is 0. The smallest absolute Gasteiger partial charge is 0.270 e. The summed E-state index contributed by atoms with van der Waals surface area (Å²) < 4.78 is 10.6. The molecule has 3 aromatic rings. The zero-order valence-electron chi connectivity index (χ0n) is 16.1. The fourth-order valence-electron chi connectivity index (χ4n) is 2.81. The Kier molecular flexibility index (Phi) is 6.11. The molecule has 28 heavy (non-hydrogen) atoms. The number of aromatic nitrogens is 1. The number of hydrogen-bond acceptors (Lipinski definition) is 5. The minimum Gasteiger partial charge on any atom is -0.493 e. The van der Waals surface area contributed by atoms with Crippen LogP contribution >= 0.6 is 0 Å². The molecule has 1 aromatic heterocycles. The van der Waals surface area contributed by atoms with Gasteiger partial charge in [0.15, 0.2) is 11.5 Å². The quantitative estimate of drug-likeness (QED) is 0.641. The first kappa shape index (κ1) is 19.2. The van der Waals surface area contributed by atoms with E-state index >= 15 is 0 Å². The number of nitrogens with zero attached hydrogens (tertiary/aromatic N) is 1. The van der Waals surface area contributed by atoms with Crippen molar-refractivity contribution in [2.45, 2.75) is 13.0 Å². The normalized spacial score (nSPS) is 11.4. The number of ether oxygens (including phenoxy) is 2.